The van der Waals surface area contributed by atoms with Crippen LogP contribution in [0.2, 0.25) is 0 Å². The lowest BCUT2D eigenvalue weighted by Gasteiger charge is -2.63. The summed E-state index contributed by atoms with van der Waals surface area (Å²) in [6.45, 7) is 6.75. The van der Waals surface area contributed by atoms with Gasteiger partial charge in [0.15, 0.2) is 23.3 Å². The Balaban J connectivity index is 0.961. The van der Waals surface area contributed by atoms with Crippen LogP contribution in [-0.4, -0.2) is 116 Å². The van der Waals surface area contributed by atoms with Crippen LogP contribution >= 0.6 is 23.5 Å². The number of carbonyl (C=O) groups excluding carboxylic acids is 5. The molecule has 5 fully saturated rings. The number of ether oxygens (including phenoxy) is 3. The molecular formula is C46H58F3N3O11S2. The van der Waals surface area contributed by atoms with Crippen molar-refractivity contribution in [3.05, 3.63) is 53.6 Å². The maximum Gasteiger partial charge on any atom is 0.303 e. The number of benzene rings is 1. The van der Waals surface area contributed by atoms with Crippen molar-refractivity contribution in [3.8, 4) is 5.75 Å². The van der Waals surface area contributed by atoms with Crippen molar-refractivity contribution in [3.63, 3.8) is 0 Å². The van der Waals surface area contributed by atoms with Crippen molar-refractivity contribution in [2.24, 2.45) is 22.7 Å². The summed E-state index contributed by atoms with van der Waals surface area (Å²) in [5.41, 5.74) is -6.54. The van der Waals surface area contributed by atoms with Crippen LogP contribution in [0.4, 0.5) is 13.2 Å². The molecule has 19 heteroatoms. The lowest BCUT2D eigenvalue weighted by atomic mass is 9.44. The van der Waals surface area contributed by atoms with E-state index in [0.717, 1.165) is 6.08 Å². The smallest absolute Gasteiger partial charge is 0.303 e. The Labute approximate surface area is 384 Å². The van der Waals surface area contributed by atoms with Crippen LogP contribution in [0, 0.1) is 22.7 Å². The molecule has 5 aliphatic carbocycles. The van der Waals surface area contributed by atoms with Crippen molar-refractivity contribution >= 4 is 58.1 Å². The highest BCUT2D eigenvalue weighted by Crippen LogP contribution is 2.73. The number of thioether (sulfide) groups is 2. The van der Waals surface area contributed by atoms with Gasteiger partial charge in [0.1, 0.15) is 24.0 Å². The molecule has 11 atom stereocenters. The molecule has 0 unspecified atom stereocenters. The standard InChI is InChI=1S/C46H58F3N3O11S2/c1-24(2)64-22-38(56)50-21-37(55)52-34(13-14-39(57)58)40(59)51-26-7-11-29(12-8-26)61-28-9-5-25(6-10-28)41-62-36-19-30-31-18-33(48)32-17-27(53)15-16-43(32,3)45(31,49)35(54)20-44(30,4)46(36,63-41)42(60)65-23-47/h5-6,9-10,15-17,24,26,29-31,33-36,41,54H,7-8,11-14,18-23H2,1-4H3,(H,50,56)(H,51,59)(H,52,55)(H,57,58)/t26?,29?,30-,31-,33-,34-,35-,36+,41+,43-,44-,45-,46-/m0/s1. The highest BCUT2D eigenvalue weighted by molar-refractivity contribution is 8.13. The first-order valence-corrected chi connectivity index (χ1v) is 24.3. The van der Waals surface area contributed by atoms with Gasteiger partial charge in [-0.15, -0.1) is 11.8 Å². The van der Waals surface area contributed by atoms with Gasteiger partial charge in [0.2, 0.25) is 22.8 Å². The van der Waals surface area contributed by atoms with Gasteiger partial charge in [-0.25, -0.2) is 13.2 Å². The number of aliphatic hydroxyl groups is 1. The number of rotatable bonds is 16. The minimum Gasteiger partial charge on any atom is -0.490 e. The van der Waals surface area contributed by atoms with Crippen LogP contribution in [-0.2, 0) is 38.2 Å². The van der Waals surface area contributed by atoms with E-state index in [2.05, 4.69) is 16.0 Å². The number of carboxylic acid groups (broad SMARTS) is 1. The lowest BCUT2D eigenvalue weighted by Crippen LogP contribution is -2.70. The number of aliphatic carboxylic acids is 1. The number of ketones is 1. The van der Waals surface area contributed by atoms with Gasteiger partial charge < -0.3 is 40.4 Å². The first kappa shape index (κ1) is 49.0. The van der Waals surface area contributed by atoms with Gasteiger partial charge in [-0.1, -0.05) is 50.7 Å². The first-order chi connectivity index (χ1) is 30.7. The van der Waals surface area contributed by atoms with Crippen LogP contribution in [0.1, 0.15) is 97.3 Å². The van der Waals surface area contributed by atoms with Gasteiger partial charge in [-0.05, 0) is 99.3 Å². The van der Waals surface area contributed by atoms with Crippen LogP contribution in [0.15, 0.2) is 48.1 Å². The largest absolute Gasteiger partial charge is 0.490 e. The summed E-state index contributed by atoms with van der Waals surface area (Å²) >= 11 is 1.84. The molecule has 6 aliphatic rings. The van der Waals surface area contributed by atoms with Crippen LogP contribution in [0.5, 0.6) is 5.75 Å². The predicted octanol–water partition coefficient (Wildman–Crippen LogP) is 5.37. The van der Waals surface area contributed by atoms with Gasteiger partial charge in [0.05, 0.1) is 30.6 Å². The minimum absolute atomic E-state index is 0.0135. The molecule has 1 heterocycles. The van der Waals surface area contributed by atoms with Crippen molar-refractivity contribution in [1.82, 2.24) is 16.0 Å². The molecule has 0 radical (unpaired) electrons. The number of alkyl halides is 3. The Morgan fingerprint density at radius 1 is 1.02 bits per heavy atom. The molecule has 1 aromatic rings. The number of carboxylic acids is 1. The number of aliphatic hydroxyl groups excluding tert-OH is 1. The maximum atomic E-state index is 17.8. The molecule has 4 saturated carbocycles. The molecule has 1 aromatic carbocycles. The normalized spacial score (nSPS) is 36.3. The Hall–Kier alpha value is -3.91. The summed E-state index contributed by atoms with van der Waals surface area (Å²) < 4.78 is 67.1. The number of fused-ring (bicyclic) bond motifs is 7. The van der Waals surface area contributed by atoms with Crippen LogP contribution < -0.4 is 20.7 Å². The average Bonchev–Trinajstić information content (AvgIpc) is 3.76. The van der Waals surface area contributed by atoms with E-state index >= 15 is 8.78 Å². The number of carbonyl (C=O) groups is 6. The predicted molar refractivity (Wildman–Crippen MR) is 235 cm³/mol. The van der Waals surface area contributed by atoms with Crippen LogP contribution in [0.3, 0.4) is 0 Å². The second-order valence-electron chi connectivity index (χ2n) is 18.8. The second-order valence-corrected chi connectivity index (χ2v) is 21.2. The minimum atomic E-state index is -2.37. The first-order valence-electron chi connectivity index (χ1n) is 22.2. The van der Waals surface area contributed by atoms with Crippen LogP contribution in [0.25, 0.3) is 0 Å². The molecule has 1 aliphatic heterocycles. The van der Waals surface area contributed by atoms with Crippen molar-refractivity contribution in [1.29, 1.82) is 0 Å². The van der Waals surface area contributed by atoms with E-state index in [-0.39, 0.29) is 73.3 Å². The average molecular weight is 950 g/mol. The van der Waals surface area contributed by atoms with E-state index in [1.807, 2.05) is 13.8 Å². The SMILES string of the molecule is CC(C)SCC(=O)NCC(=O)N[C@@H](CCC(=O)O)C(=O)NC1CCC(Oc2ccc([C@@H]3O[C@@H]4C[C@H]5[C@@H]6C[C@H](F)C7=CC(=O)C=C[C@]7(C)[C@@]6(F)[C@@H](O)C[C@]5(C)[C@]4(C(=O)SCF)O3)cc2)CC1. The molecule has 1 saturated heterocycles. The summed E-state index contributed by atoms with van der Waals surface area (Å²) in [5.74, 6) is -4.10. The highest BCUT2D eigenvalue weighted by atomic mass is 32.2. The van der Waals surface area contributed by atoms with E-state index in [4.69, 9.17) is 14.2 Å². The quantitative estimate of drug-likeness (QED) is 0.142. The fourth-order valence-corrected chi connectivity index (χ4v) is 12.7. The van der Waals surface area contributed by atoms with E-state index in [9.17, 15) is 43.4 Å². The van der Waals surface area contributed by atoms with E-state index in [1.165, 1.54) is 30.8 Å². The zero-order valence-corrected chi connectivity index (χ0v) is 38.5. The monoisotopic (exact) mass is 949 g/mol. The molecule has 0 spiro atoms. The summed E-state index contributed by atoms with van der Waals surface area (Å²) in [4.78, 5) is 75.5. The summed E-state index contributed by atoms with van der Waals surface area (Å²) in [6, 6.07) is 4.47. The molecule has 65 heavy (non-hydrogen) atoms. The molecule has 356 valence electrons. The Morgan fingerprint density at radius 3 is 2.38 bits per heavy atom. The van der Waals surface area contributed by atoms with Crippen molar-refractivity contribution in [2.75, 3.05) is 18.3 Å². The van der Waals surface area contributed by atoms with Gasteiger partial charge >= 0.3 is 5.97 Å². The summed E-state index contributed by atoms with van der Waals surface area (Å²) in [5, 5.41) is 28.6. The molecule has 0 bridgehead atoms. The molecular weight excluding hydrogens is 892 g/mol. The zero-order chi connectivity index (χ0) is 47.1. The van der Waals surface area contributed by atoms with E-state index < -0.39 is 99.3 Å². The lowest BCUT2D eigenvalue weighted by molar-refractivity contribution is -0.232. The molecule has 0 aromatic heterocycles. The number of hydrogen-bond acceptors (Lipinski definition) is 12. The number of allylic oxidation sites excluding steroid dienone is 4. The third-order valence-corrected chi connectivity index (χ3v) is 16.4. The third kappa shape index (κ3) is 9.25. The molecule has 3 amide bonds. The van der Waals surface area contributed by atoms with Crippen molar-refractivity contribution < 1.29 is 66.4 Å². The number of amides is 3. The number of hydrogen-bond donors (Lipinski definition) is 5. The summed E-state index contributed by atoms with van der Waals surface area (Å²) in [6.07, 6.45) is -0.633. The fourth-order valence-electron chi connectivity index (χ4n) is 11.4. The molecule has 14 nitrogen and oxygen atoms in total. The fraction of sp³-hybridized carbons (Fsp3) is 0.652. The molecule has 5 N–H and O–H groups in total. The Morgan fingerprint density at radius 2 is 1.72 bits per heavy atom. The maximum absolute atomic E-state index is 17.8. The van der Waals surface area contributed by atoms with Gasteiger partial charge in [0, 0.05) is 34.8 Å². The number of nitrogens with one attached hydrogen (secondary N) is 3. The topological polar surface area (TPSA) is 207 Å². The number of halogens is 3. The third-order valence-electron chi connectivity index (χ3n) is 14.6. The Kier molecular flexibility index (Phi) is 14.6. The highest BCUT2D eigenvalue weighted by Gasteiger charge is 2.80. The second kappa shape index (κ2) is 19.4. The van der Waals surface area contributed by atoms with Gasteiger partial charge in [0.25, 0.3) is 0 Å². The summed E-state index contributed by atoms with van der Waals surface area (Å²) in [7, 11) is 0. The van der Waals surface area contributed by atoms with Crippen molar-refractivity contribution in [2.45, 2.75) is 145 Å². The van der Waals surface area contributed by atoms with Gasteiger partial charge in [-0.2, -0.15) is 0 Å². The van der Waals surface area contributed by atoms with E-state index in [0.29, 0.717) is 48.8 Å². The zero-order valence-electron chi connectivity index (χ0n) is 36.8. The van der Waals surface area contributed by atoms with E-state index in [1.54, 1.807) is 31.2 Å². The van der Waals surface area contributed by atoms with Gasteiger partial charge in [-0.3, -0.25) is 28.8 Å². The molecule has 7 rings (SSSR count). The Bertz CT molecular complexity index is 2090.